The summed E-state index contributed by atoms with van der Waals surface area (Å²) in [6.07, 6.45) is 2.38. The standard InChI is InChI=1S/C21H36BrN5.HI/c1-4-23-21(25(3)18-19-8-10-20(22)11-9-19)24-12-6-7-13-27-16-14-26(5-2)15-17-27;/h8-11H,4-7,12-18H2,1-3H3,(H,23,24);1H. The largest absolute Gasteiger partial charge is 0.357 e. The topological polar surface area (TPSA) is 34.1 Å². The molecule has 2 rings (SSSR count). The SMILES string of the molecule is CCNC(=NCCCCN1CCN(CC)CC1)N(C)Cc1ccc(Br)cc1.I. The fourth-order valence-corrected chi connectivity index (χ4v) is 3.63. The van der Waals surface area contributed by atoms with Crippen molar-refractivity contribution < 1.29 is 0 Å². The van der Waals surface area contributed by atoms with Gasteiger partial charge in [0.25, 0.3) is 0 Å². The molecule has 1 aromatic carbocycles. The number of guanidine groups is 1. The van der Waals surface area contributed by atoms with Crippen LogP contribution in [0.5, 0.6) is 0 Å². The van der Waals surface area contributed by atoms with Crippen LogP contribution in [0.4, 0.5) is 0 Å². The average Bonchev–Trinajstić information content (AvgIpc) is 2.69. The lowest BCUT2D eigenvalue weighted by Gasteiger charge is -2.33. The predicted molar refractivity (Wildman–Crippen MR) is 135 cm³/mol. The van der Waals surface area contributed by atoms with Gasteiger partial charge in [-0.15, -0.1) is 24.0 Å². The first kappa shape index (κ1) is 25.7. The molecule has 0 spiro atoms. The zero-order chi connectivity index (χ0) is 19.5. The number of benzene rings is 1. The number of likely N-dealkylation sites (N-methyl/N-ethyl adjacent to an activating group) is 1. The van der Waals surface area contributed by atoms with Crippen LogP contribution in [0, 0.1) is 0 Å². The van der Waals surface area contributed by atoms with Crippen LogP contribution < -0.4 is 5.32 Å². The van der Waals surface area contributed by atoms with E-state index in [9.17, 15) is 0 Å². The maximum atomic E-state index is 4.83. The number of hydrogen-bond acceptors (Lipinski definition) is 3. The molecule has 1 aromatic rings. The summed E-state index contributed by atoms with van der Waals surface area (Å²) in [5.41, 5.74) is 1.29. The number of nitrogens with zero attached hydrogens (tertiary/aromatic N) is 4. The summed E-state index contributed by atoms with van der Waals surface area (Å²) in [4.78, 5) is 12.2. The third kappa shape index (κ3) is 9.41. The van der Waals surface area contributed by atoms with Crippen LogP contribution in [0.2, 0.25) is 0 Å². The Bertz CT molecular complexity index is 558. The van der Waals surface area contributed by atoms with Crippen molar-refractivity contribution in [1.82, 2.24) is 20.0 Å². The van der Waals surface area contributed by atoms with Crippen molar-refractivity contribution >= 4 is 45.9 Å². The van der Waals surface area contributed by atoms with Gasteiger partial charge < -0.3 is 20.0 Å². The van der Waals surface area contributed by atoms with Crippen molar-refractivity contribution in [3.63, 3.8) is 0 Å². The maximum Gasteiger partial charge on any atom is 0.193 e. The number of aliphatic imine (C=N–C) groups is 1. The Morgan fingerprint density at radius 2 is 1.71 bits per heavy atom. The highest BCUT2D eigenvalue weighted by Crippen LogP contribution is 2.12. The minimum absolute atomic E-state index is 0. The summed E-state index contributed by atoms with van der Waals surface area (Å²) in [5.74, 6) is 0.997. The zero-order valence-corrected chi connectivity index (χ0v) is 21.6. The van der Waals surface area contributed by atoms with E-state index in [4.69, 9.17) is 4.99 Å². The monoisotopic (exact) mass is 565 g/mol. The minimum atomic E-state index is 0. The predicted octanol–water partition coefficient (Wildman–Crippen LogP) is 3.88. The molecular formula is C21H37BrIN5. The average molecular weight is 566 g/mol. The van der Waals surface area contributed by atoms with Crippen molar-refractivity contribution in [3.05, 3.63) is 34.3 Å². The summed E-state index contributed by atoms with van der Waals surface area (Å²) in [6.45, 7) is 14.3. The third-order valence-corrected chi connectivity index (χ3v) is 5.61. The smallest absolute Gasteiger partial charge is 0.193 e. The first-order valence-electron chi connectivity index (χ1n) is 10.3. The molecule has 0 amide bonds. The van der Waals surface area contributed by atoms with Crippen LogP contribution in [0.15, 0.2) is 33.7 Å². The van der Waals surface area contributed by atoms with Crippen molar-refractivity contribution in [2.24, 2.45) is 4.99 Å². The van der Waals surface area contributed by atoms with E-state index in [1.54, 1.807) is 0 Å². The number of piperazine rings is 1. The number of unbranched alkanes of at least 4 members (excludes halogenated alkanes) is 1. The van der Waals surface area contributed by atoms with Gasteiger partial charge in [0, 0.05) is 57.3 Å². The fraction of sp³-hybridized carbons (Fsp3) is 0.667. The van der Waals surface area contributed by atoms with Crippen LogP contribution in [-0.2, 0) is 6.54 Å². The fourth-order valence-electron chi connectivity index (χ4n) is 3.37. The van der Waals surface area contributed by atoms with Gasteiger partial charge >= 0.3 is 0 Å². The highest BCUT2D eigenvalue weighted by Gasteiger charge is 2.14. The Balaban J connectivity index is 0.00000392. The van der Waals surface area contributed by atoms with Crippen LogP contribution in [0.1, 0.15) is 32.3 Å². The number of nitrogens with one attached hydrogen (secondary N) is 1. The van der Waals surface area contributed by atoms with E-state index in [2.05, 4.69) is 81.1 Å². The second-order valence-electron chi connectivity index (χ2n) is 7.20. The van der Waals surface area contributed by atoms with E-state index < -0.39 is 0 Å². The normalized spacial score (nSPS) is 15.9. The Hall–Kier alpha value is -0.380. The Kier molecular flexibility index (Phi) is 13.4. The molecule has 0 unspecified atom stereocenters. The quantitative estimate of drug-likeness (QED) is 0.213. The Labute approximate surface area is 197 Å². The molecule has 0 aromatic heterocycles. The molecule has 0 saturated carbocycles. The molecule has 1 heterocycles. The van der Waals surface area contributed by atoms with Gasteiger partial charge in [0.05, 0.1) is 0 Å². The summed E-state index contributed by atoms with van der Waals surface area (Å²) in [6, 6.07) is 8.49. The third-order valence-electron chi connectivity index (χ3n) is 5.09. The van der Waals surface area contributed by atoms with Gasteiger partial charge in [-0.3, -0.25) is 4.99 Å². The Morgan fingerprint density at radius 1 is 1.07 bits per heavy atom. The first-order valence-corrected chi connectivity index (χ1v) is 11.1. The molecule has 0 atom stereocenters. The molecule has 28 heavy (non-hydrogen) atoms. The molecule has 1 fully saturated rings. The van der Waals surface area contributed by atoms with E-state index in [1.807, 2.05) is 0 Å². The summed E-state index contributed by atoms with van der Waals surface area (Å²) in [7, 11) is 2.11. The molecule has 160 valence electrons. The van der Waals surface area contributed by atoms with Crippen molar-refractivity contribution in [1.29, 1.82) is 0 Å². The van der Waals surface area contributed by atoms with Crippen molar-refractivity contribution in [2.75, 3.05) is 59.4 Å². The molecule has 7 heteroatoms. The molecule has 0 aliphatic carbocycles. The zero-order valence-electron chi connectivity index (χ0n) is 17.7. The van der Waals surface area contributed by atoms with Crippen LogP contribution in [0.25, 0.3) is 0 Å². The first-order chi connectivity index (χ1) is 13.1. The van der Waals surface area contributed by atoms with Crippen molar-refractivity contribution in [2.45, 2.75) is 33.2 Å². The minimum Gasteiger partial charge on any atom is -0.357 e. The van der Waals surface area contributed by atoms with Gasteiger partial charge in [-0.25, -0.2) is 0 Å². The maximum absolute atomic E-state index is 4.83. The van der Waals surface area contributed by atoms with E-state index in [0.717, 1.165) is 36.5 Å². The molecule has 0 radical (unpaired) electrons. The summed E-state index contributed by atoms with van der Waals surface area (Å²) >= 11 is 3.49. The van der Waals surface area contributed by atoms with Gasteiger partial charge in [-0.05, 0) is 50.6 Å². The van der Waals surface area contributed by atoms with E-state index in [-0.39, 0.29) is 24.0 Å². The number of halogens is 2. The van der Waals surface area contributed by atoms with Gasteiger partial charge in [0.2, 0.25) is 0 Å². The molecular weight excluding hydrogens is 529 g/mol. The molecule has 1 N–H and O–H groups in total. The second-order valence-corrected chi connectivity index (χ2v) is 8.12. The highest BCUT2D eigenvalue weighted by molar-refractivity contribution is 14.0. The van der Waals surface area contributed by atoms with Crippen molar-refractivity contribution in [3.8, 4) is 0 Å². The lowest BCUT2D eigenvalue weighted by molar-refractivity contribution is 0.136. The summed E-state index contributed by atoms with van der Waals surface area (Å²) in [5, 5.41) is 3.42. The summed E-state index contributed by atoms with van der Waals surface area (Å²) < 4.78 is 1.12. The van der Waals surface area contributed by atoms with Gasteiger partial charge in [-0.2, -0.15) is 0 Å². The van der Waals surface area contributed by atoms with Crippen LogP contribution in [0.3, 0.4) is 0 Å². The van der Waals surface area contributed by atoms with Gasteiger partial charge in [0.15, 0.2) is 5.96 Å². The van der Waals surface area contributed by atoms with Crippen LogP contribution >= 0.6 is 39.9 Å². The number of hydrogen-bond donors (Lipinski definition) is 1. The lowest BCUT2D eigenvalue weighted by Crippen LogP contribution is -2.46. The number of rotatable bonds is 9. The van der Waals surface area contributed by atoms with E-state index in [1.165, 1.54) is 51.3 Å². The molecule has 0 bridgehead atoms. The molecule has 5 nitrogen and oxygen atoms in total. The lowest BCUT2D eigenvalue weighted by atomic mass is 10.2. The van der Waals surface area contributed by atoms with E-state index in [0.29, 0.717) is 0 Å². The molecule has 1 saturated heterocycles. The molecule has 1 aliphatic heterocycles. The van der Waals surface area contributed by atoms with E-state index >= 15 is 0 Å². The van der Waals surface area contributed by atoms with Crippen LogP contribution in [-0.4, -0.2) is 80.1 Å². The Morgan fingerprint density at radius 3 is 2.32 bits per heavy atom. The highest BCUT2D eigenvalue weighted by atomic mass is 127. The van der Waals surface area contributed by atoms with Gasteiger partial charge in [0.1, 0.15) is 0 Å². The molecule has 1 aliphatic rings. The second kappa shape index (κ2) is 14.6. The van der Waals surface area contributed by atoms with Gasteiger partial charge in [-0.1, -0.05) is 35.0 Å².